The SMILES string of the molecule is CCC(C)(C)C(=O)NC(COC(=O)CC(C)=O)COC(=O)CC(C)=O. The highest BCUT2D eigenvalue weighted by Crippen LogP contribution is 2.19. The first-order chi connectivity index (χ1) is 11.5. The van der Waals surface area contributed by atoms with E-state index in [1.54, 1.807) is 13.8 Å². The molecule has 0 radical (unpaired) electrons. The van der Waals surface area contributed by atoms with E-state index in [9.17, 15) is 24.0 Å². The van der Waals surface area contributed by atoms with Crippen molar-refractivity contribution in [1.82, 2.24) is 5.32 Å². The normalized spacial score (nSPS) is 11.0. The van der Waals surface area contributed by atoms with Gasteiger partial charge >= 0.3 is 11.9 Å². The Kier molecular flexibility index (Phi) is 9.63. The monoisotopic (exact) mass is 357 g/mol. The van der Waals surface area contributed by atoms with Crippen LogP contribution < -0.4 is 5.32 Å². The van der Waals surface area contributed by atoms with Crippen LogP contribution in [0.3, 0.4) is 0 Å². The number of hydrogen-bond acceptors (Lipinski definition) is 7. The number of rotatable bonds is 11. The van der Waals surface area contributed by atoms with E-state index < -0.39 is 23.4 Å². The highest BCUT2D eigenvalue weighted by Gasteiger charge is 2.28. The fourth-order valence-electron chi connectivity index (χ4n) is 1.57. The lowest BCUT2D eigenvalue weighted by atomic mass is 9.89. The summed E-state index contributed by atoms with van der Waals surface area (Å²) in [7, 11) is 0. The number of hydrogen-bond donors (Lipinski definition) is 1. The van der Waals surface area contributed by atoms with Gasteiger partial charge in [0.25, 0.3) is 0 Å². The first kappa shape index (κ1) is 22.8. The second-order valence-electron chi connectivity index (χ2n) is 6.53. The molecule has 1 amide bonds. The minimum absolute atomic E-state index is 0.245. The molecule has 0 aromatic rings. The van der Waals surface area contributed by atoms with Gasteiger partial charge in [-0.3, -0.25) is 24.0 Å². The van der Waals surface area contributed by atoms with Crippen molar-refractivity contribution in [3.05, 3.63) is 0 Å². The van der Waals surface area contributed by atoms with Crippen molar-refractivity contribution in [2.45, 2.75) is 59.9 Å². The lowest BCUT2D eigenvalue weighted by molar-refractivity contribution is -0.150. The number of nitrogens with one attached hydrogen (secondary N) is 1. The molecule has 0 atom stereocenters. The van der Waals surface area contributed by atoms with E-state index in [0.717, 1.165) is 0 Å². The molecule has 0 saturated heterocycles. The summed E-state index contributed by atoms with van der Waals surface area (Å²) in [6.07, 6.45) is -0.156. The molecule has 0 spiro atoms. The third kappa shape index (κ3) is 10.3. The Morgan fingerprint density at radius 1 is 0.880 bits per heavy atom. The predicted molar refractivity (Wildman–Crippen MR) is 88.5 cm³/mol. The number of carbonyl (C=O) groups is 5. The third-order valence-corrected chi connectivity index (χ3v) is 3.51. The molecule has 0 aromatic carbocycles. The Morgan fingerprint density at radius 3 is 1.60 bits per heavy atom. The summed E-state index contributed by atoms with van der Waals surface area (Å²) in [5, 5.41) is 2.66. The number of esters is 2. The summed E-state index contributed by atoms with van der Waals surface area (Å²) in [5.41, 5.74) is -0.648. The molecule has 0 aromatic heterocycles. The van der Waals surface area contributed by atoms with Crippen LogP contribution in [0.2, 0.25) is 0 Å². The van der Waals surface area contributed by atoms with Crippen LogP contribution in [0.4, 0.5) is 0 Å². The quantitative estimate of drug-likeness (QED) is 0.432. The fraction of sp³-hybridized carbons (Fsp3) is 0.706. The molecular formula is C17H27NO7. The molecule has 0 heterocycles. The molecule has 0 aliphatic carbocycles. The van der Waals surface area contributed by atoms with Crippen LogP contribution in [0.5, 0.6) is 0 Å². The molecule has 0 aliphatic heterocycles. The standard InChI is InChI=1S/C17H27NO7/c1-6-17(4,5)16(23)18-13(9-24-14(21)7-11(2)19)10-25-15(22)8-12(3)20/h13H,6-10H2,1-5H3,(H,18,23). The topological polar surface area (TPSA) is 116 Å². The summed E-state index contributed by atoms with van der Waals surface area (Å²) in [4.78, 5) is 57.0. The minimum atomic E-state index is -0.773. The van der Waals surface area contributed by atoms with Crippen LogP contribution in [0.25, 0.3) is 0 Å². The van der Waals surface area contributed by atoms with Gasteiger partial charge < -0.3 is 14.8 Å². The third-order valence-electron chi connectivity index (χ3n) is 3.51. The maximum absolute atomic E-state index is 12.3. The number of carbonyl (C=O) groups excluding carboxylic acids is 5. The summed E-state index contributed by atoms with van der Waals surface area (Å²) >= 11 is 0. The van der Waals surface area contributed by atoms with Gasteiger partial charge in [0.2, 0.25) is 5.91 Å². The molecule has 1 N–H and O–H groups in total. The first-order valence-corrected chi connectivity index (χ1v) is 8.09. The summed E-state index contributed by atoms with van der Waals surface area (Å²) in [6, 6.07) is -0.773. The molecule has 0 saturated carbocycles. The van der Waals surface area contributed by atoms with Crippen molar-refractivity contribution in [3.8, 4) is 0 Å². The fourth-order valence-corrected chi connectivity index (χ4v) is 1.57. The molecule has 0 rings (SSSR count). The van der Waals surface area contributed by atoms with Crippen molar-refractivity contribution in [2.24, 2.45) is 5.41 Å². The van der Waals surface area contributed by atoms with E-state index in [4.69, 9.17) is 9.47 Å². The van der Waals surface area contributed by atoms with Crippen LogP contribution in [0, 0.1) is 5.41 Å². The van der Waals surface area contributed by atoms with E-state index in [1.807, 2.05) is 6.92 Å². The molecule has 0 unspecified atom stereocenters. The Labute approximate surface area is 147 Å². The first-order valence-electron chi connectivity index (χ1n) is 8.09. The lowest BCUT2D eigenvalue weighted by Gasteiger charge is -2.26. The van der Waals surface area contributed by atoms with Gasteiger partial charge in [0.1, 0.15) is 37.6 Å². The molecule has 0 fully saturated rings. The Bertz CT molecular complexity index is 493. The van der Waals surface area contributed by atoms with Crippen molar-refractivity contribution in [2.75, 3.05) is 13.2 Å². The largest absolute Gasteiger partial charge is 0.463 e. The zero-order valence-electron chi connectivity index (χ0n) is 15.5. The zero-order valence-corrected chi connectivity index (χ0v) is 15.5. The van der Waals surface area contributed by atoms with Gasteiger partial charge in [-0.25, -0.2) is 0 Å². The number of Topliss-reactive ketones (excluding diaryl/α,β-unsaturated/α-hetero) is 2. The van der Waals surface area contributed by atoms with Gasteiger partial charge in [-0.15, -0.1) is 0 Å². The highest BCUT2D eigenvalue weighted by molar-refractivity contribution is 5.94. The zero-order chi connectivity index (χ0) is 19.6. The second-order valence-corrected chi connectivity index (χ2v) is 6.53. The average Bonchev–Trinajstić information content (AvgIpc) is 2.48. The summed E-state index contributed by atoms with van der Waals surface area (Å²) < 4.78 is 9.89. The van der Waals surface area contributed by atoms with Crippen LogP contribution in [-0.4, -0.2) is 48.7 Å². The van der Waals surface area contributed by atoms with Crippen molar-refractivity contribution >= 4 is 29.4 Å². The van der Waals surface area contributed by atoms with Crippen molar-refractivity contribution < 1.29 is 33.4 Å². The van der Waals surface area contributed by atoms with E-state index in [1.165, 1.54) is 13.8 Å². The number of ketones is 2. The molecule has 25 heavy (non-hydrogen) atoms. The van der Waals surface area contributed by atoms with Crippen LogP contribution in [0.1, 0.15) is 53.9 Å². The molecule has 8 heteroatoms. The molecule has 0 bridgehead atoms. The van der Waals surface area contributed by atoms with Gasteiger partial charge in [0.15, 0.2) is 0 Å². The van der Waals surface area contributed by atoms with E-state index in [-0.39, 0.29) is 43.5 Å². The molecular weight excluding hydrogens is 330 g/mol. The van der Waals surface area contributed by atoms with Gasteiger partial charge in [0, 0.05) is 5.41 Å². The van der Waals surface area contributed by atoms with Gasteiger partial charge in [0.05, 0.1) is 6.04 Å². The summed E-state index contributed by atoms with van der Waals surface area (Å²) in [6.45, 7) is 7.39. The highest BCUT2D eigenvalue weighted by atomic mass is 16.5. The van der Waals surface area contributed by atoms with Crippen LogP contribution in [-0.2, 0) is 33.4 Å². The number of ether oxygens (including phenoxy) is 2. The molecule has 142 valence electrons. The maximum atomic E-state index is 12.3. The number of amides is 1. The molecule has 8 nitrogen and oxygen atoms in total. The second kappa shape index (κ2) is 10.6. The Morgan fingerprint density at radius 2 is 1.28 bits per heavy atom. The van der Waals surface area contributed by atoms with E-state index >= 15 is 0 Å². The van der Waals surface area contributed by atoms with Crippen LogP contribution in [0.15, 0.2) is 0 Å². The Hall–Kier alpha value is -2.25. The van der Waals surface area contributed by atoms with E-state index in [2.05, 4.69) is 5.32 Å². The van der Waals surface area contributed by atoms with Crippen molar-refractivity contribution in [3.63, 3.8) is 0 Å². The molecule has 0 aliphatic rings. The maximum Gasteiger partial charge on any atom is 0.313 e. The lowest BCUT2D eigenvalue weighted by Crippen LogP contribution is -2.47. The van der Waals surface area contributed by atoms with Crippen LogP contribution >= 0.6 is 0 Å². The smallest absolute Gasteiger partial charge is 0.313 e. The van der Waals surface area contributed by atoms with E-state index in [0.29, 0.717) is 6.42 Å². The van der Waals surface area contributed by atoms with Gasteiger partial charge in [-0.05, 0) is 20.3 Å². The predicted octanol–water partition coefficient (Wildman–Crippen LogP) is 0.952. The Balaban J connectivity index is 4.77. The van der Waals surface area contributed by atoms with Gasteiger partial charge in [-0.1, -0.05) is 20.8 Å². The average molecular weight is 357 g/mol. The van der Waals surface area contributed by atoms with Gasteiger partial charge in [-0.2, -0.15) is 0 Å². The minimum Gasteiger partial charge on any atom is -0.463 e. The van der Waals surface area contributed by atoms with Crippen molar-refractivity contribution in [1.29, 1.82) is 0 Å². The summed E-state index contributed by atoms with van der Waals surface area (Å²) in [5.74, 6) is -2.42.